The van der Waals surface area contributed by atoms with Crippen molar-refractivity contribution < 1.29 is 41.0 Å². The summed E-state index contributed by atoms with van der Waals surface area (Å²) in [5.41, 5.74) is -6.47. The molecule has 0 saturated carbocycles. The Kier molecular flexibility index (Phi) is 4.34. The first-order valence-electron chi connectivity index (χ1n) is 4.67. The van der Waals surface area contributed by atoms with E-state index in [1.54, 1.807) is 0 Å². The predicted molar refractivity (Wildman–Crippen MR) is 47.5 cm³/mol. The molecule has 0 atom stereocenters. The van der Waals surface area contributed by atoms with Crippen LogP contribution in [0.15, 0.2) is 0 Å². The van der Waals surface area contributed by atoms with E-state index in [0.717, 1.165) is 20.8 Å². The van der Waals surface area contributed by atoms with Gasteiger partial charge in [-0.3, -0.25) is 4.79 Å². The average Bonchev–Trinajstić information content (AvgIpc) is 2.07. The molecule has 0 aliphatic heterocycles. The van der Waals surface area contributed by atoms with Crippen LogP contribution in [0.1, 0.15) is 20.8 Å². The summed E-state index contributed by atoms with van der Waals surface area (Å²) in [7, 11) is 0. The Bertz CT molecular complexity index is 298. The van der Waals surface area contributed by atoms with Gasteiger partial charge < -0.3 is 9.84 Å². The number of halogens is 6. The Balaban J connectivity index is 5.59. The lowest BCUT2D eigenvalue weighted by Crippen LogP contribution is -2.63. The fraction of sp³-hybridized carbons (Fsp3) is 0.889. The average molecular weight is 282 g/mol. The minimum Gasteiger partial charge on any atom is -0.436 e. The smallest absolute Gasteiger partial charge is 0.436 e. The van der Waals surface area contributed by atoms with Crippen LogP contribution in [0, 0.1) is 5.41 Å². The third kappa shape index (κ3) is 3.06. The van der Waals surface area contributed by atoms with Crippen molar-refractivity contribution in [3.05, 3.63) is 0 Å². The molecule has 0 aromatic heterocycles. The quantitative estimate of drug-likeness (QED) is 0.625. The second-order valence-electron chi connectivity index (χ2n) is 4.62. The van der Waals surface area contributed by atoms with E-state index in [2.05, 4.69) is 4.74 Å². The van der Waals surface area contributed by atoms with Crippen LogP contribution in [0.25, 0.3) is 0 Å². The molecule has 0 saturated heterocycles. The second-order valence-corrected chi connectivity index (χ2v) is 4.62. The molecule has 18 heavy (non-hydrogen) atoms. The van der Waals surface area contributed by atoms with Crippen molar-refractivity contribution in [2.45, 2.75) is 38.7 Å². The molecule has 0 aromatic rings. The van der Waals surface area contributed by atoms with Gasteiger partial charge in [-0.1, -0.05) is 0 Å². The molecule has 0 rings (SSSR count). The zero-order chi connectivity index (χ0) is 15.0. The lowest BCUT2D eigenvalue weighted by atomic mass is 9.96. The van der Waals surface area contributed by atoms with Gasteiger partial charge in [-0.2, -0.15) is 26.3 Å². The summed E-state index contributed by atoms with van der Waals surface area (Å²) in [6, 6.07) is 0. The maximum Gasteiger partial charge on any atom is 0.439 e. The van der Waals surface area contributed by atoms with Crippen molar-refractivity contribution in [3.8, 4) is 0 Å². The molecule has 0 heterocycles. The first-order valence-corrected chi connectivity index (χ1v) is 4.67. The van der Waals surface area contributed by atoms with Crippen molar-refractivity contribution in [1.82, 2.24) is 0 Å². The zero-order valence-electron chi connectivity index (χ0n) is 9.74. The van der Waals surface area contributed by atoms with Gasteiger partial charge in [-0.25, -0.2) is 0 Å². The van der Waals surface area contributed by atoms with Gasteiger partial charge in [0, 0.05) is 0 Å². The van der Waals surface area contributed by atoms with Crippen molar-refractivity contribution in [2.24, 2.45) is 5.41 Å². The molecule has 0 radical (unpaired) electrons. The van der Waals surface area contributed by atoms with Crippen LogP contribution in [-0.4, -0.2) is 35.6 Å². The van der Waals surface area contributed by atoms with Gasteiger partial charge in [0.15, 0.2) is 0 Å². The van der Waals surface area contributed by atoms with Crippen molar-refractivity contribution in [2.75, 3.05) is 6.61 Å². The molecule has 108 valence electrons. The Labute approximate surface area is 98.7 Å². The highest BCUT2D eigenvalue weighted by Gasteiger charge is 2.74. The molecule has 3 nitrogen and oxygen atoms in total. The normalized spacial score (nSPS) is 14.6. The molecule has 9 heteroatoms. The number of carbonyl (C=O) groups is 1. The van der Waals surface area contributed by atoms with Gasteiger partial charge in [0.25, 0.3) is 0 Å². The highest BCUT2D eigenvalue weighted by Crippen LogP contribution is 2.46. The number of carbonyl (C=O) groups excluding carboxylic acids is 1. The van der Waals surface area contributed by atoms with Crippen molar-refractivity contribution >= 4 is 5.97 Å². The van der Waals surface area contributed by atoms with Gasteiger partial charge in [0.2, 0.25) is 0 Å². The number of aliphatic hydroxyl groups is 1. The van der Waals surface area contributed by atoms with E-state index in [1.165, 1.54) is 0 Å². The molecular weight excluding hydrogens is 270 g/mol. The highest BCUT2D eigenvalue weighted by atomic mass is 19.4. The van der Waals surface area contributed by atoms with E-state index in [0.29, 0.717) is 0 Å². The van der Waals surface area contributed by atoms with Crippen LogP contribution in [-0.2, 0) is 9.53 Å². The Morgan fingerprint density at radius 3 is 1.50 bits per heavy atom. The third-order valence-electron chi connectivity index (χ3n) is 2.02. The maximum absolute atomic E-state index is 12.5. The standard InChI is InChI=1S/C9H12F6O3/c1-6(2,3)5(17)18-7(4-16,8(10,11)12)9(13,14)15/h16H,4H2,1-3H3. The minimum absolute atomic E-state index is 1.09. The van der Waals surface area contributed by atoms with Gasteiger partial charge in [0.05, 0.1) is 5.41 Å². The first-order chi connectivity index (χ1) is 7.69. The molecule has 0 aliphatic rings. The van der Waals surface area contributed by atoms with E-state index in [-0.39, 0.29) is 0 Å². The van der Waals surface area contributed by atoms with Gasteiger partial charge >= 0.3 is 23.9 Å². The van der Waals surface area contributed by atoms with Crippen molar-refractivity contribution in [1.29, 1.82) is 0 Å². The summed E-state index contributed by atoms with van der Waals surface area (Å²) in [5, 5.41) is 8.45. The number of aliphatic hydroxyl groups excluding tert-OH is 1. The summed E-state index contributed by atoms with van der Waals surface area (Å²) in [6.07, 6.45) is -11.9. The highest BCUT2D eigenvalue weighted by molar-refractivity contribution is 5.76. The summed E-state index contributed by atoms with van der Waals surface area (Å²) in [6.45, 7) is 0.834. The monoisotopic (exact) mass is 282 g/mol. The van der Waals surface area contributed by atoms with Gasteiger partial charge in [-0.15, -0.1) is 0 Å². The number of alkyl halides is 6. The predicted octanol–water partition coefficient (Wildman–Crippen LogP) is 2.43. The van der Waals surface area contributed by atoms with Crippen LogP contribution in [0.3, 0.4) is 0 Å². The van der Waals surface area contributed by atoms with Crippen LogP contribution in [0.4, 0.5) is 26.3 Å². The van der Waals surface area contributed by atoms with Crippen molar-refractivity contribution in [3.63, 3.8) is 0 Å². The molecule has 0 bridgehead atoms. The summed E-state index contributed by atoms with van der Waals surface area (Å²) in [4.78, 5) is 11.2. The first kappa shape index (κ1) is 17.0. The lowest BCUT2D eigenvalue weighted by molar-refractivity contribution is -0.378. The molecule has 0 amide bonds. The number of hydrogen-bond acceptors (Lipinski definition) is 3. The summed E-state index contributed by atoms with van der Waals surface area (Å²) < 4.78 is 78.3. The van der Waals surface area contributed by atoms with E-state index in [9.17, 15) is 31.1 Å². The maximum atomic E-state index is 12.5. The minimum atomic E-state index is -5.97. The largest absolute Gasteiger partial charge is 0.439 e. The van der Waals surface area contributed by atoms with Crippen LogP contribution >= 0.6 is 0 Å². The Hall–Kier alpha value is -0.990. The molecule has 1 N–H and O–H groups in total. The van der Waals surface area contributed by atoms with Crippen LogP contribution < -0.4 is 0 Å². The summed E-state index contributed by atoms with van der Waals surface area (Å²) in [5.74, 6) is -1.72. The van der Waals surface area contributed by atoms with E-state index < -0.39 is 35.9 Å². The fourth-order valence-electron chi connectivity index (χ4n) is 0.799. The Morgan fingerprint density at radius 1 is 1.00 bits per heavy atom. The Morgan fingerprint density at radius 2 is 1.33 bits per heavy atom. The van der Waals surface area contributed by atoms with E-state index in [1.807, 2.05) is 0 Å². The molecule has 0 aliphatic carbocycles. The van der Waals surface area contributed by atoms with Crippen LogP contribution in [0.2, 0.25) is 0 Å². The number of rotatable bonds is 2. The fourth-order valence-corrected chi connectivity index (χ4v) is 0.799. The molecule has 0 fully saturated rings. The van der Waals surface area contributed by atoms with Crippen LogP contribution in [0.5, 0.6) is 0 Å². The SMILES string of the molecule is CC(C)(C)C(=O)OC(CO)(C(F)(F)F)C(F)(F)F. The number of hydrogen-bond donors (Lipinski definition) is 1. The molecular formula is C9H12F6O3. The summed E-state index contributed by atoms with van der Waals surface area (Å²) >= 11 is 0. The number of ether oxygens (including phenoxy) is 1. The second kappa shape index (κ2) is 4.60. The number of esters is 1. The molecule has 0 aromatic carbocycles. The van der Waals surface area contributed by atoms with E-state index >= 15 is 0 Å². The van der Waals surface area contributed by atoms with Gasteiger partial charge in [-0.05, 0) is 20.8 Å². The van der Waals surface area contributed by atoms with Gasteiger partial charge in [0.1, 0.15) is 6.61 Å². The molecule has 0 spiro atoms. The third-order valence-corrected chi connectivity index (χ3v) is 2.02. The zero-order valence-corrected chi connectivity index (χ0v) is 9.74. The van der Waals surface area contributed by atoms with E-state index in [4.69, 9.17) is 5.11 Å². The topological polar surface area (TPSA) is 46.5 Å². The molecule has 0 unspecified atom stereocenters. The lowest BCUT2D eigenvalue weighted by Gasteiger charge is -2.36.